The fourth-order valence-corrected chi connectivity index (χ4v) is 3.68. The Morgan fingerprint density at radius 1 is 1.12 bits per heavy atom. The summed E-state index contributed by atoms with van der Waals surface area (Å²) in [5.74, 6) is -0.590. The maximum atomic E-state index is 12.6. The third kappa shape index (κ3) is 6.98. The topological polar surface area (TPSA) is 89.5 Å². The summed E-state index contributed by atoms with van der Waals surface area (Å²) in [6, 6.07) is 11.8. The molecule has 2 N–H and O–H groups in total. The van der Waals surface area contributed by atoms with Gasteiger partial charge in [0.05, 0.1) is 12.3 Å². The van der Waals surface area contributed by atoms with E-state index >= 15 is 0 Å². The summed E-state index contributed by atoms with van der Waals surface area (Å²) in [7, 11) is 0. The third-order valence-corrected chi connectivity index (χ3v) is 5.24. The Morgan fingerprint density at radius 2 is 1.88 bits per heavy atom. The lowest BCUT2D eigenvalue weighted by Crippen LogP contribution is -2.22. The van der Waals surface area contributed by atoms with Gasteiger partial charge in [-0.3, -0.25) is 14.9 Å². The van der Waals surface area contributed by atoms with Crippen LogP contribution in [0, 0.1) is 0 Å². The van der Waals surface area contributed by atoms with E-state index in [-0.39, 0.29) is 29.6 Å². The molecule has 2 aromatic carbocycles. The third-order valence-electron chi connectivity index (χ3n) is 4.48. The van der Waals surface area contributed by atoms with E-state index in [0.717, 1.165) is 17.5 Å². The van der Waals surface area contributed by atoms with Gasteiger partial charge in [0.2, 0.25) is 5.91 Å². The maximum Gasteiger partial charge on any atom is 0.387 e. The minimum absolute atomic E-state index is 0.0591. The second-order valence-corrected chi connectivity index (χ2v) is 7.75. The average Bonchev–Trinajstić information content (AvgIpc) is 3.23. The number of benzene rings is 2. The number of anilines is 1. The molecule has 0 aliphatic rings. The quantitative estimate of drug-likeness (QED) is 0.442. The van der Waals surface area contributed by atoms with Crippen LogP contribution in [0.25, 0.3) is 11.3 Å². The number of aromatic nitrogens is 1. The molecule has 1 heterocycles. The molecule has 0 aliphatic heterocycles. The SMILES string of the molecule is CCOc1cc(C(=O)Nc2nc(-c3ccc(CCNC(C)=O)cc3)cs2)ccc1OC(F)F. The van der Waals surface area contributed by atoms with E-state index in [1.165, 1.54) is 36.5 Å². The Bertz CT molecular complexity index is 1100. The first-order valence-corrected chi connectivity index (χ1v) is 11.1. The number of thiazole rings is 1. The fraction of sp³-hybridized carbons (Fsp3) is 0.261. The molecule has 0 atom stereocenters. The monoisotopic (exact) mass is 475 g/mol. The van der Waals surface area contributed by atoms with Crippen molar-refractivity contribution in [3.63, 3.8) is 0 Å². The molecular formula is C23H23F2N3O4S. The Hall–Kier alpha value is -3.53. The molecule has 0 unspecified atom stereocenters. The van der Waals surface area contributed by atoms with Gasteiger partial charge < -0.3 is 14.8 Å². The smallest absolute Gasteiger partial charge is 0.387 e. The molecule has 0 bridgehead atoms. The van der Waals surface area contributed by atoms with Crippen LogP contribution in [0.5, 0.6) is 11.5 Å². The number of carbonyl (C=O) groups is 2. The number of carbonyl (C=O) groups excluding carboxylic acids is 2. The Labute approximate surface area is 193 Å². The van der Waals surface area contributed by atoms with Gasteiger partial charge in [-0.05, 0) is 37.1 Å². The van der Waals surface area contributed by atoms with E-state index in [9.17, 15) is 18.4 Å². The lowest BCUT2D eigenvalue weighted by Gasteiger charge is -2.12. The van der Waals surface area contributed by atoms with Crippen LogP contribution >= 0.6 is 11.3 Å². The van der Waals surface area contributed by atoms with Gasteiger partial charge in [-0.25, -0.2) is 4.98 Å². The van der Waals surface area contributed by atoms with Gasteiger partial charge in [-0.1, -0.05) is 24.3 Å². The van der Waals surface area contributed by atoms with Crippen molar-refractivity contribution < 1.29 is 27.8 Å². The number of halogens is 2. The summed E-state index contributed by atoms with van der Waals surface area (Å²) in [5, 5.41) is 7.70. The van der Waals surface area contributed by atoms with Gasteiger partial charge in [-0.2, -0.15) is 8.78 Å². The van der Waals surface area contributed by atoms with Crippen molar-refractivity contribution in [1.82, 2.24) is 10.3 Å². The normalized spacial score (nSPS) is 10.7. The van der Waals surface area contributed by atoms with Gasteiger partial charge in [0.25, 0.3) is 5.91 Å². The summed E-state index contributed by atoms with van der Waals surface area (Å²) in [4.78, 5) is 28.0. The molecule has 3 aromatic rings. The van der Waals surface area contributed by atoms with E-state index in [4.69, 9.17) is 4.74 Å². The number of amides is 2. The van der Waals surface area contributed by atoms with Gasteiger partial charge in [0.1, 0.15) is 0 Å². The highest BCUT2D eigenvalue weighted by Gasteiger charge is 2.16. The lowest BCUT2D eigenvalue weighted by atomic mass is 10.1. The Kier molecular flexibility index (Phi) is 8.31. The predicted octanol–water partition coefficient (Wildman–Crippen LogP) is 4.74. The van der Waals surface area contributed by atoms with E-state index in [1.54, 1.807) is 6.92 Å². The standard InChI is InChI=1S/C23H23F2N3O4S/c1-3-31-20-12-17(8-9-19(20)32-22(24)25)21(30)28-23-27-18(13-33-23)16-6-4-15(5-7-16)10-11-26-14(2)29/h4-9,12-13,22H,3,10-11H2,1-2H3,(H,26,29)(H,27,28,30). The van der Waals surface area contributed by atoms with Crippen LogP contribution in [0.1, 0.15) is 29.8 Å². The zero-order valence-electron chi connectivity index (χ0n) is 18.1. The van der Waals surface area contributed by atoms with Crippen LogP contribution in [0.15, 0.2) is 47.8 Å². The molecule has 0 radical (unpaired) electrons. The molecule has 174 valence electrons. The van der Waals surface area contributed by atoms with Crippen LogP contribution in [-0.4, -0.2) is 36.6 Å². The highest BCUT2D eigenvalue weighted by atomic mass is 32.1. The van der Waals surface area contributed by atoms with Crippen LogP contribution < -0.4 is 20.1 Å². The second-order valence-electron chi connectivity index (χ2n) is 6.89. The molecule has 10 heteroatoms. The number of rotatable bonds is 10. The first kappa shape index (κ1) is 24.1. The number of ether oxygens (including phenoxy) is 2. The van der Waals surface area contributed by atoms with E-state index in [1.807, 2.05) is 29.6 Å². The molecule has 33 heavy (non-hydrogen) atoms. The van der Waals surface area contributed by atoms with Gasteiger partial charge in [0.15, 0.2) is 16.6 Å². The van der Waals surface area contributed by atoms with Crippen molar-refractivity contribution in [3.05, 3.63) is 59.0 Å². The first-order chi connectivity index (χ1) is 15.9. The molecule has 0 fully saturated rings. The number of nitrogens with zero attached hydrogens (tertiary/aromatic N) is 1. The molecular weight excluding hydrogens is 452 g/mol. The highest BCUT2D eigenvalue weighted by molar-refractivity contribution is 7.14. The number of alkyl halides is 2. The summed E-state index contributed by atoms with van der Waals surface area (Å²) < 4.78 is 34.9. The van der Waals surface area contributed by atoms with E-state index in [2.05, 4.69) is 20.4 Å². The second kappa shape index (κ2) is 11.4. The van der Waals surface area contributed by atoms with Gasteiger partial charge >= 0.3 is 6.61 Å². The van der Waals surface area contributed by atoms with E-state index < -0.39 is 12.5 Å². The summed E-state index contributed by atoms with van der Waals surface area (Å²) >= 11 is 1.27. The fourth-order valence-electron chi connectivity index (χ4n) is 2.97. The van der Waals surface area contributed by atoms with Crippen molar-refractivity contribution in [3.8, 4) is 22.8 Å². The number of nitrogens with one attached hydrogen (secondary N) is 2. The Balaban J connectivity index is 1.66. The highest BCUT2D eigenvalue weighted by Crippen LogP contribution is 2.31. The number of hydrogen-bond donors (Lipinski definition) is 2. The summed E-state index contributed by atoms with van der Waals surface area (Å²) in [6.45, 7) is 0.986. The van der Waals surface area contributed by atoms with Crippen molar-refractivity contribution in [2.24, 2.45) is 0 Å². The number of hydrogen-bond acceptors (Lipinski definition) is 6. The van der Waals surface area contributed by atoms with Gasteiger partial charge in [-0.15, -0.1) is 11.3 Å². The van der Waals surface area contributed by atoms with Crippen molar-refractivity contribution >= 4 is 28.3 Å². The maximum absolute atomic E-state index is 12.6. The summed E-state index contributed by atoms with van der Waals surface area (Å²) in [5.41, 5.74) is 2.91. The minimum Gasteiger partial charge on any atom is -0.490 e. The lowest BCUT2D eigenvalue weighted by molar-refractivity contribution is -0.118. The van der Waals surface area contributed by atoms with Crippen molar-refractivity contribution in [2.75, 3.05) is 18.5 Å². The Morgan fingerprint density at radius 3 is 2.55 bits per heavy atom. The molecule has 1 aromatic heterocycles. The molecule has 0 saturated carbocycles. The first-order valence-electron chi connectivity index (χ1n) is 10.2. The minimum atomic E-state index is -3.00. The van der Waals surface area contributed by atoms with Crippen molar-refractivity contribution in [1.29, 1.82) is 0 Å². The van der Waals surface area contributed by atoms with Crippen LogP contribution in [-0.2, 0) is 11.2 Å². The molecule has 0 saturated heterocycles. The largest absolute Gasteiger partial charge is 0.490 e. The zero-order valence-corrected chi connectivity index (χ0v) is 18.9. The van der Waals surface area contributed by atoms with Gasteiger partial charge in [0, 0.05) is 30.0 Å². The molecule has 0 spiro atoms. The average molecular weight is 476 g/mol. The van der Waals surface area contributed by atoms with Crippen molar-refractivity contribution in [2.45, 2.75) is 26.9 Å². The molecule has 2 amide bonds. The molecule has 7 nitrogen and oxygen atoms in total. The molecule has 0 aliphatic carbocycles. The van der Waals surface area contributed by atoms with Crippen LogP contribution in [0.2, 0.25) is 0 Å². The zero-order chi connectivity index (χ0) is 23.8. The summed E-state index contributed by atoms with van der Waals surface area (Å²) in [6.07, 6.45) is 0.725. The predicted molar refractivity (Wildman–Crippen MR) is 122 cm³/mol. The van der Waals surface area contributed by atoms with Crippen LogP contribution in [0.4, 0.5) is 13.9 Å². The van der Waals surface area contributed by atoms with Crippen LogP contribution in [0.3, 0.4) is 0 Å². The van der Waals surface area contributed by atoms with E-state index in [0.29, 0.717) is 17.4 Å². The molecule has 3 rings (SSSR count).